The van der Waals surface area contributed by atoms with Crippen molar-refractivity contribution in [3.63, 3.8) is 0 Å². The molecule has 0 unspecified atom stereocenters. The molecular formula is C10H22ClNS. The normalized spacial score (nSPS) is 29.5. The van der Waals surface area contributed by atoms with Crippen LogP contribution in [0.15, 0.2) is 0 Å². The highest BCUT2D eigenvalue weighted by Crippen LogP contribution is 2.35. The third kappa shape index (κ3) is 5.82. The molecule has 0 aliphatic heterocycles. The third-order valence-electron chi connectivity index (χ3n) is 2.24. The van der Waals surface area contributed by atoms with Gasteiger partial charge in [-0.2, -0.15) is 11.8 Å². The molecule has 1 aliphatic rings. The average molecular weight is 224 g/mol. The molecule has 1 aliphatic carbocycles. The highest BCUT2D eigenvalue weighted by molar-refractivity contribution is 8.01. The Hall–Kier alpha value is 0.600. The van der Waals surface area contributed by atoms with Gasteiger partial charge in [0.25, 0.3) is 0 Å². The highest BCUT2D eigenvalue weighted by atomic mass is 35.5. The molecule has 1 fully saturated rings. The van der Waals surface area contributed by atoms with E-state index in [9.17, 15) is 0 Å². The van der Waals surface area contributed by atoms with Crippen molar-refractivity contribution in [3.05, 3.63) is 0 Å². The number of hydrogen-bond donors (Lipinski definition) is 1. The third-order valence-corrected chi connectivity index (χ3v) is 3.75. The van der Waals surface area contributed by atoms with Crippen LogP contribution in [0.2, 0.25) is 0 Å². The zero-order valence-electron chi connectivity index (χ0n) is 8.88. The van der Waals surface area contributed by atoms with Crippen molar-refractivity contribution in [1.29, 1.82) is 0 Å². The van der Waals surface area contributed by atoms with Gasteiger partial charge in [0.1, 0.15) is 0 Å². The molecule has 0 saturated heterocycles. The van der Waals surface area contributed by atoms with Crippen LogP contribution < -0.4 is 5.73 Å². The minimum atomic E-state index is 0. The topological polar surface area (TPSA) is 26.0 Å². The molecule has 0 heterocycles. The lowest BCUT2D eigenvalue weighted by Gasteiger charge is -2.30. The van der Waals surface area contributed by atoms with Crippen LogP contribution in [-0.4, -0.2) is 16.0 Å². The number of thioether (sulfide) groups is 1. The van der Waals surface area contributed by atoms with Crippen LogP contribution in [0.5, 0.6) is 0 Å². The maximum atomic E-state index is 5.85. The highest BCUT2D eigenvalue weighted by Gasteiger charge is 2.23. The Morgan fingerprint density at radius 3 is 1.92 bits per heavy atom. The predicted octanol–water partition coefficient (Wildman–Crippen LogP) is 3.21. The van der Waals surface area contributed by atoms with Crippen molar-refractivity contribution in [1.82, 2.24) is 0 Å². The Morgan fingerprint density at radius 1 is 1.08 bits per heavy atom. The molecule has 2 N–H and O–H groups in total. The summed E-state index contributed by atoms with van der Waals surface area (Å²) in [7, 11) is 0. The van der Waals surface area contributed by atoms with E-state index in [0.29, 0.717) is 10.8 Å². The molecule has 0 bridgehead atoms. The molecule has 0 radical (unpaired) electrons. The summed E-state index contributed by atoms with van der Waals surface area (Å²) in [5.41, 5.74) is 5.85. The fourth-order valence-corrected chi connectivity index (χ4v) is 3.21. The molecule has 0 amide bonds. The monoisotopic (exact) mass is 223 g/mol. The molecular weight excluding hydrogens is 202 g/mol. The summed E-state index contributed by atoms with van der Waals surface area (Å²) in [6, 6.07) is 0.488. The lowest BCUT2D eigenvalue weighted by molar-refractivity contribution is 0.449. The lowest BCUT2D eigenvalue weighted by Crippen LogP contribution is -2.29. The van der Waals surface area contributed by atoms with Gasteiger partial charge in [-0.15, -0.1) is 12.4 Å². The summed E-state index contributed by atoms with van der Waals surface area (Å²) in [6.45, 7) is 6.89. The molecule has 0 aromatic carbocycles. The van der Waals surface area contributed by atoms with Crippen molar-refractivity contribution < 1.29 is 0 Å². The first-order valence-corrected chi connectivity index (χ1v) is 5.79. The first-order chi connectivity index (χ1) is 5.47. The minimum absolute atomic E-state index is 0. The van der Waals surface area contributed by atoms with Crippen LogP contribution in [-0.2, 0) is 0 Å². The summed E-state index contributed by atoms with van der Waals surface area (Å²) in [4.78, 5) is 0. The van der Waals surface area contributed by atoms with Gasteiger partial charge in [0, 0.05) is 16.0 Å². The van der Waals surface area contributed by atoms with Crippen molar-refractivity contribution in [2.24, 2.45) is 5.73 Å². The summed E-state index contributed by atoms with van der Waals surface area (Å²) in [6.07, 6.45) is 5.10. The Bertz CT molecular complexity index is 136. The van der Waals surface area contributed by atoms with E-state index in [1.807, 2.05) is 0 Å². The number of rotatable bonds is 1. The largest absolute Gasteiger partial charge is 0.328 e. The zero-order valence-corrected chi connectivity index (χ0v) is 10.5. The molecule has 80 valence electrons. The molecule has 3 heteroatoms. The Labute approximate surface area is 92.6 Å². The van der Waals surface area contributed by atoms with Crippen LogP contribution >= 0.6 is 24.2 Å². The summed E-state index contributed by atoms with van der Waals surface area (Å²) in [5, 5.41) is 0.866. The predicted molar refractivity (Wildman–Crippen MR) is 64.8 cm³/mol. The Kier molecular flexibility index (Phi) is 5.73. The molecule has 0 atom stereocenters. The van der Waals surface area contributed by atoms with Crippen LogP contribution in [0.25, 0.3) is 0 Å². The van der Waals surface area contributed by atoms with E-state index in [0.717, 1.165) is 5.25 Å². The molecule has 0 spiro atoms. The average Bonchev–Trinajstić information content (AvgIpc) is 1.91. The Balaban J connectivity index is 0.00000144. The SMILES string of the molecule is CC(C)(C)SC1CCC(N)CC1.Cl. The maximum absolute atomic E-state index is 5.85. The number of nitrogens with two attached hydrogens (primary N) is 1. The van der Waals surface area contributed by atoms with E-state index in [1.165, 1.54) is 25.7 Å². The molecule has 1 nitrogen and oxygen atoms in total. The van der Waals surface area contributed by atoms with Gasteiger partial charge in [0.05, 0.1) is 0 Å². The van der Waals surface area contributed by atoms with Gasteiger partial charge >= 0.3 is 0 Å². The smallest absolute Gasteiger partial charge is 0.00778 e. The number of halogens is 1. The van der Waals surface area contributed by atoms with Gasteiger partial charge in [-0.05, 0) is 25.7 Å². The summed E-state index contributed by atoms with van der Waals surface area (Å²) < 4.78 is 0.423. The zero-order chi connectivity index (χ0) is 9.19. The van der Waals surface area contributed by atoms with Crippen LogP contribution in [0.4, 0.5) is 0 Å². The fourth-order valence-electron chi connectivity index (χ4n) is 1.71. The fraction of sp³-hybridized carbons (Fsp3) is 1.00. The lowest BCUT2D eigenvalue weighted by atomic mass is 9.96. The van der Waals surface area contributed by atoms with E-state index in [-0.39, 0.29) is 12.4 Å². The minimum Gasteiger partial charge on any atom is -0.328 e. The van der Waals surface area contributed by atoms with Crippen LogP contribution in [0.3, 0.4) is 0 Å². The van der Waals surface area contributed by atoms with Gasteiger partial charge in [-0.25, -0.2) is 0 Å². The van der Waals surface area contributed by atoms with Crippen molar-refractivity contribution in [2.45, 2.75) is 62.5 Å². The first-order valence-electron chi connectivity index (χ1n) is 4.91. The van der Waals surface area contributed by atoms with Crippen LogP contribution in [0, 0.1) is 0 Å². The van der Waals surface area contributed by atoms with E-state index < -0.39 is 0 Å². The van der Waals surface area contributed by atoms with E-state index in [4.69, 9.17) is 5.73 Å². The van der Waals surface area contributed by atoms with Crippen molar-refractivity contribution >= 4 is 24.2 Å². The van der Waals surface area contributed by atoms with Gasteiger partial charge in [0.15, 0.2) is 0 Å². The van der Waals surface area contributed by atoms with E-state index in [1.54, 1.807) is 0 Å². The maximum Gasteiger partial charge on any atom is 0.00778 e. The Morgan fingerprint density at radius 2 is 1.54 bits per heavy atom. The number of hydrogen-bond acceptors (Lipinski definition) is 2. The van der Waals surface area contributed by atoms with Crippen molar-refractivity contribution in [2.75, 3.05) is 0 Å². The van der Waals surface area contributed by atoms with E-state index in [2.05, 4.69) is 32.5 Å². The molecule has 1 saturated carbocycles. The van der Waals surface area contributed by atoms with Gasteiger partial charge in [-0.1, -0.05) is 20.8 Å². The second kappa shape index (κ2) is 5.47. The van der Waals surface area contributed by atoms with Crippen LogP contribution in [0.1, 0.15) is 46.5 Å². The summed E-state index contributed by atoms with van der Waals surface area (Å²) in [5.74, 6) is 0. The second-order valence-electron chi connectivity index (χ2n) is 4.77. The van der Waals surface area contributed by atoms with Gasteiger partial charge in [-0.3, -0.25) is 0 Å². The first kappa shape index (κ1) is 13.6. The quantitative estimate of drug-likeness (QED) is 0.739. The van der Waals surface area contributed by atoms with Gasteiger partial charge < -0.3 is 5.73 Å². The molecule has 13 heavy (non-hydrogen) atoms. The summed E-state index contributed by atoms with van der Waals surface area (Å²) >= 11 is 2.12. The molecule has 0 aromatic heterocycles. The second-order valence-corrected chi connectivity index (χ2v) is 6.89. The standard InChI is InChI=1S/C10H21NS.ClH/c1-10(2,3)12-9-6-4-8(11)5-7-9;/h8-9H,4-7,11H2,1-3H3;1H. The molecule has 0 aromatic rings. The van der Waals surface area contributed by atoms with Crippen molar-refractivity contribution in [3.8, 4) is 0 Å². The van der Waals surface area contributed by atoms with E-state index >= 15 is 0 Å². The van der Waals surface area contributed by atoms with Gasteiger partial charge in [0.2, 0.25) is 0 Å². The molecule has 1 rings (SSSR count).